The first-order chi connectivity index (χ1) is 9.71. The number of aryl methyl sites for hydroxylation is 1. The third-order valence-corrected chi connectivity index (χ3v) is 2.75. The summed E-state index contributed by atoms with van der Waals surface area (Å²) in [6, 6.07) is 4.31. The largest absolute Gasteiger partial charge is 0.463 e. The van der Waals surface area contributed by atoms with Crippen LogP contribution in [0.15, 0.2) is 18.3 Å². The zero-order valence-corrected chi connectivity index (χ0v) is 11.8. The van der Waals surface area contributed by atoms with Crippen LogP contribution in [0.4, 0.5) is 5.95 Å². The number of hydrogen-bond donors (Lipinski definition) is 1. The number of rotatable bonds is 6. The molecule has 0 aliphatic heterocycles. The lowest BCUT2D eigenvalue weighted by molar-refractivity contribution is 0.290. The Morgan fingerprint density at radius 2 is 2.00 bits per heavy atom. The van der Waals surface area contributed by atoms with Crippen molar-refractivity contribution < 1.29 is 4.74 Å². The van der Waals surface area contributed by atoms with Gasteiger partial charge in [0.1, 0.15) is 5.82 Å². The van der Waals surface area contributed by atoms with Gasteiger partial charge in [-0.05, 0) is 24.5 Å². The summed E-state index contributed by atoms with van der Waals surface area (Å²) < 4.78 is 5.39. The van der Waals surface area contributed by atoms with Crippen LogP contribution in [0.5, 0.6) is 6.01 Å². The highest BCUT2D eigenvalue weighted by Crippen LogP contribution is 2.10. The van der Waals surface area contributed by atoms with Crippen LogP contribution >= 0.6 is 0 Å². The molecular weight excluding hydrogens is 254 g/mol. The molecule has 0 saturated heterocycles. The number of ether oxygens (including phenoxy) is 1. The summed E-state index contributed by atoms with van der Waals surface area (Å²) >= 11 is 0. The molecule has 106 valence electrons. The van der Waals surface area contributed by atoms with Gasteiger partial charge in [-0.1, -0.05) is 19.9 Å². The van der Waals surface area contributed by atoms with Crippen molar-refractivity contribution in [3.05, 3.63) is 35.4 Å². The third-order valence-electron chi connectivity index (χ3n) is 2.75. The highest BCUT2D eigenvalue weighted by Gasteiger charge is 2.07. The second-order valence-electron chi connectivity index (χ2n) is 4.43. The van der Waals surface area contributed by atoms with E-state index in [9.17, 15) is 0 Å². The topological polar surface area (TPSA) is 86.8 Å². The molecule has 2 heterocycles. The number of nitrogen functional groups attached to an aromatic ring is 1. The van der Waals surface area contributed by atoms with Crippen molar-refractivity contribution in [2.45, 2.75) is 33.1 Å². The van der Waals surface area contributed by atoms with Crippen LogP contribution in [0.2, 0.25) is 0 Å². The zero-order valence-electron chi connectivity index (χ0n) is 11.8. The molecule has 0 bridgehead atoms. The molecule has 0 amide bonds. The summed E-state index contributed by atoms with van der Waals surface area (Å²) in [7, 11) is 0. The van der Waals surface area contributed by atoms with Gasteiger partial charge < -0.3 is 10.5 Å². The Morgan fingerprint density at radius 3 is 2.65 bits per heavy atom. The van der Waals surface area contributed by atoms with Crippen molar-refractivity contribution in [2.75, 3.05) is 12.3 Å². The van der Waals surface area contributed by atoms with E-state index in [1.54, 1.807) is 0 Å². The maximum absolute atomic E-state index is 5.67. The lowest BCUT2D eigenvalue weighted by Crippen LogP contribution is -2.08. The lowest BCUT2D eigenvalue weighted by Gasteiger charge is -2.06. The van der Waals surface area contributed by atoms with Crippen LogP contribution in [0.3, 0.4) is 0 Å². The average molecular weight is 273 g/mol. The van der Waals surface area contributed by atoms with Crippen molar-refractivity contribution >= 4 is 5.95 Å². The summed E-state index contributed by atoms with van der Waals surface area (Å²) in [5.74, 6) is 0.742. The Labute approximate surface area is 118 Å². The summed E-state index contributed by atoms with van der Waals surface area (Å²) in [4.78, 5) is 16.7. The zero-order chi connectivity index (χ0) is 14.4. The van der Waals surface area contributed by atoms with Gasteiger partial charge in [-0.15, -0.1) is 0 Å². The molecule has 0 fully saturated rings. The number of nitrogens with two attached hydrogens (primary N) is 1. The first-order valence-electron chi connectivity index (χ1n) is 6.78. The fourth-order valence-corrected chi connectivity index (χ4v) is 1.68. The molecule has 2 rings (SSSR count). The van der Waals surface area contributed by atoms with Gasteiger partial charge in [0.15, 0.2) is 0 Å². The van der Waals surface area contributed by atoms with Gasteiger partial charge in [-0.3, -0.25) is 4.98 Å². The predicted octanol–water partition coefficient (Wildman–Crippen LogP) is 1.79. The first-order valence-corrected chi connectivity index (χ1v) is 6.78. The predicted molar refractivity (Wildman–Crippen MR) is 76.4 cm³/mol. The molecule has 0 radical (unpaired) electrons. The Morgan fingerprint density at radius 1 is 1.15 bits per heavy atom. The molecule has 0 aromatic carbocycles. The third kappa shape index (κ3) is 3.88. The van der Waals surface area contributed by atoms with E-state index in [4.69, 9.17) is 10.5 Å². The maximum atomic E-state index is 5.67. The summed E-state index contributed by atoms with van der Waals surface area (Å²) in [6.07, 6.45) is 4.25. The van der Waals surface area contributed by atoms with Crippen LogP contribution in [-0.2, 0) is 12.8 Å². The molecule has 0 unspecified atom stereocenters. The van der Waals surface area contributed by atoms with Gasteiger partial charge in [0.25, 0.3) is 0 Å². The van der Waals surface area contributed by atoms with Crippen molar-refractivity contribution in [1.29, 1.82) is 0 Å². The molecule has 20 heavy (non-hydrogen) atoms. The van der Waals surface area contributed by atoms with Gasteiger partial charge in [0.2, 0.25) is 5.95 Å². The smallest absolute Gasteiger partial charge is 0.321 e. The second-order valence-corrected chi connectivity index (χ2v) is 4.43. The standard InChI is InChI=1S/C14H19N5O/c1-3-7-20-14-18-12(17-13(15)19-14)8-11-6-5-10(4-2)9-16-11/h5-6,9H,3-4,7-8H2,1-2H3,(H2,15,17,18,19). The Hall–Kier alpha value is -2.24. The normalized spacial score (nSPS) is 10.5. The number of nitrogens with zero attached hydrogens (tertiary/aromatic N) is 4. The fourth-order valence-electron chi connectivity index (χ4n) is 1.68. The monoisotopic (exact) mass is 273 g/mol. The van der Waals surface area contributed by atoms with Crippen molar-refractivity contribution in [2.24, 2.45) is 0 Å². The maximum Gasteiger partial charge on any atom is 0.321 e. The van der Waals surface area contributed by atoms with E-state index in [0.717, 1.165) is 18.5 Å². The highest BCUT2D eigenvalue weighted by atomic mass is 16.5. The number of hydrogen-bond acceptors (Lipinski definition) is 6. The van der Waals surface area contributed by atoms with Crippen LogP contribution in [-0.4, -0.2) is 26.5 Å². The van der Waals surface area contributed by atoms with E-state index >= 15 is 0 Å². The number of aromatic nitrogens is 4. The molecular formula is C14H19N5O. The number of anilines is 1. The Kier molecular flexibility index (Phi) is 4.81. The SMILES string of the molecule is CCCOc1nc(N)nc(Cc2ccc(CC)cn2)n1. The summed E-state index contributed by atoms with van der Waals surface area (Å²) in [5, 5.41) is 0. The van der Waals surface area contributed by atoms with Crippen LogP contribution in [0.25, 0.3) is 0 Å². The van der Waals surface area contributed by atoms with Crippen LogP contribution < -0.4 is 10.5 Å². The van der Waals surface area contributed by atoms with Gasteiger partial charge >= 0.3 is 6.01 Å². The summed E-state index contributed by atoms with van der Waals surface area (Å²) in [5.41, 5.74) is 7.77. The van der Waals surface area contributed by atoms with Gasteiger partial charge in [0.05, 0.1) is 13.0 Å². The van der Waals surface area contributed by atoms with Crippen molar-refractivity contribution in [3.63, 3.8) is 0 Å². The fraction of sp³-hybridized carbons (Fsp3) is 0.429. The first kappa shape index (κ1) is 14.2. The second kappa shape index (κ2) is 6.79. The van der Waals surface area contributed by atoms with E-state index in [-0.39, 0.29) is 12.0 Å². The van der Waals surface area contributed by atoms with Crippen LogP contribution in [0.1, 0.15) is 37.4 Å². The summed E-state index contributed by atoms with van der Waals surface area (Å²) in [6.45, 7) is 4.68. The Balaban J connectivity index is 2.12. The van der Waals surface area contributed by atoms with Crippen LogP contribution in [0, 0.1) is 0 Å². The molecule has 6 nitrogen and oxygen atoms in total. The number of pyridine rings is 1. The Bertz CT molecular complexity index is 556. The minimum atomic E-state index is 0.172. The van der Waals surface area contributed by atoms with Gasteiger partial charge in [0, 0.05) is 11.9 Å². The molecule has 0 atom stereocenters. The van der Waals surface area contributed by atoms with Gasteiger partial charge in [-0.2, -0.15) is 15.0 Å². The molecule has 0 spiro atoms. The molecule has 0 saturated carbocycles. The highest BCUT2D eigenvalue weighted by molar-refractivity contribution is 5.22. The van der Waals surface area contributed by atoms with E-state index in [1.807, 2.05) is 19.2 Å². The van der Waals surface area contributed by atoms with Crippen molar-refractivity contribution in [3.8, 4) is 6.01 Å². The van der Waals surface area contributed by atoms with Gasteiger partial charge in [-0.25, -0.2) is 0 Å². The molecule has 2 aromatic rings. The minimum Gasteiger partial charge on any atom is -0.463 e. The van der Waals surface area contributed by atoms with Crippen molar-refractivity contribution in [1.82, 2.24) is 19.9 Å². The average Bonchev–Trinajstić information content (AvgIpc) is 2.45. The molecule has 0 aliphatic rings. The molecule has 2 aromatic heterocycles. The lowest BCUT2D eigenvalue weighted by atomic mass is 10.2. The minimum absolute atomic E-state index is 0.172. The van der Waals surface area contributed by atoms with E-state index < -0.39 is 0 Å². The molecule has 0 aliphatic carbocycles. The molecule has 6 heteroatoms. The molecule has 2 N–H and O–H groups in total. The van der Waals surface area contributed by atoms with E-state index in [0.29, 0.717) is 18.9 Å². The van der Waals surface area contributed by atoms with E-state index in [2.05, 4.69) is 32.9 Å². The quantitative estimate of drug-likeness (QED) is 0.863. The van der Waals surface area contributed by atoms with E-state index in [1.165, 1.54) is 5.56 Å².